The van der Waals surface area contributed by atoms with E-state index in [1.54, 1.807) is 0 Å². The van der Waals surface area contributed by atoms with Crippen LogP contribution in [0.3, 0.4) is 0 Å². The Hall–Kier alpha value is -0.550. The standard InChI is InChI=1S/C14H19Cl2N3S/c1-3-6-17-11(10-9-12(15)20-14(10)16)4-5-13-18-7-8-19(13)2/h7-9,11,17H,3-6H2,1-2H3. The Morgan fingerprint density at radius 1 is 1.45 bits per heavy atom. The SMILES string of the molecule is CCCNC(CCc1nccn1C)c1cc(Cl)sc1Cl. The number of nitrogens with zero attached hydrogens (tertiary/aromatic N) is 2. The van der Waals surface area contributed by atoms with Crippen molar-refractivity contribution in [1.82, 2.24) is 14.9 Å². The van der Waals surface area contributed by atoms with E-state index in [-0.39, 0.29) is 6.04 Å². The molecule has 2 aromatic rings. The van der Waals surface area contributed by atoms with Crippen molar-refractivity contribution in [2.24, 2.45) is 7.05 Å². The molecule has 0 aliphatic heterocycles. The molecule has 20 heavy (non-hydrogen) atoms. The zero-order valence-electron chi connectivity index (χ0n) is 11.7. The third-order valence-corrected chi connectivity index (χ3v) is 4.79. The molecule has 2 rings (SSSR count). The number of halogens is 2. The first-order valence-electron chi connectivity index (χ1n) is 6.76. The summed E-state index contributed by atoms with van der Waals surface area (Å²) in [5, 5.41) is 3.55. The Morgan fingerprint density at radius 3 is 2.80 bits per heavy atom. The monoisotopic (exact) mass is 331 g/mol. The summed E-state index contributed by atoms with van der Waals surface area (Å²) in [5.41, 5.74) is 1.10. The van der Waals surface area contributed by atoms with E-state index in [2.05, 4.69) is 21.8 Å². The van der Waals surface area contributed by atoms with Gasteiger partial charge in [0, 0.05) is 37.5 Å². The van der Waals surface area contributed by atoms with Crippen LogP contribution in [0.4, 0.5) is 0 Å². The van der Waals surface area contributed by atoms with Crippen molar-refractivity contribution in [3.05, 3.63) is 38.5 Å². The first kappa shape index (κ1) is 15.8. The van der Waals surface area contributed by atoms with Crippen LogP contribution in [0.2, 0.25) is 8.67 Å². The maximum absolute atomic E-state index is 6.28. The molecule has 1 unspecified atom stereocenters. The summed E-state index contributed by atoms with van der Waals surface area (Å²) in [6, 6.07) is 2.20. The number of thiophene rings is 1. The fraction of sp³-hybridized carbons (Fsp3) is 0.500. The minimum atomic E-state index is 0.225. The number of rotatable bonds is 7. The van der Waals surface area contributed by atoms with Gasteiger partial charge in [-0.2, -0.15) is 0 Å². The molecule has 2 heterocycles. The molecule has 0 saturated carbocycles. The van der Waals surface area contributed by atoms with Crippen molar-refractivity contribution in [2.45, 2.75) is 32.2 Å². The molecule has 0 saturated heterocycles. The highest BCUT2D eigenvalue weighted by Crippen LogP contribution is 2.36. The van der Waals surface area contributed by atoms with Gasteiger partial charge in [-0.3, -0.25) is 0 Å². The van der Waals surface area contributed by atoms with Crippen LogP contribution >= 0.6 is 34.5 Å². The fourth-order valence-electron chi connectivity index (χ4n) is 2.19. The maximum atomic E-state index is 6.28. The Bertz CT molecular complexity index is 550. The van der Waals surface area contributed by atoms with E-state index in [0.29, 0.717) is 0 Å². The third-order valence-electron chi connectivity index (χ3n) is 3.28. The summed E-state index contributed by atoms with van der Waals surface area (Å²) in [5.74, 6) is 1.09. The van der Waals surface area contributed by atoms with Gasteiger partial charge in [0.25, 0.3) is 0 Å². The highest BCUT2D eigenvalue weighted by molar-refractivity contribution is 7.20. The molecule has 0 spiro atoms. The third kappa shape index (κ3) is 3.98. The van der Waals surface area contributed by atoms with Gasteiger partial charge in [0.05, 0.1) is 8.67 Å². The Labute approximate surface area is 133 Å². The molecule has 0 aliphatic rings. The molecule has 6 heteroatoms. The van der Waals surface area contributed by atoms with Gasteiger partial charge in [0.2, 0.25) is 0 Å². The Morgan fingerprint density at radius 2 is 2.25 bits per heavy atom. The molecule has 0 aromatic carbocycles. The van der Waals surface area contributed by atoms with Crippen LogP contribution in [0.1, 0.15) is 37.2 Å². The van der Waals surface area contributed by atoms with E-state index in [4.69, 9.17) is 23.2 Å². The van der Waals surface area contributed by atoms with Gasteiger partial charge in [-0.25, -0.2) is 4.98 Å². The topological polar surface area (TPSA) is 29.9 Å². The summed E-state index contributed by atoms with van der Waals surface area (Å²) in [4.78, 5) is 4.37. The molecule has 1 N–H and O–H groups in total. The Kier molecular flexibility index (Phi) is 5.90. The Balaban J connectivity index is 2.07. The van der Waals surface area contributed by atoms with Gasteiger partial charge in [-0.1, -0.05) is 30.1 Å². The highest BCUT2D eigenvalue weighted by Gasteiger charge is 2.17. The van der Waals surface area contributed by atoms with E-state index in [1.165, 1.54) is 11.3 Å². The summed E-state index contributed by atoms with van der Waals surface area (Å²) in [7, 11) is 2.02. The lowest BCUT2D eigenvalue weighted by molar-refractivity contribution is 0.492. The normalized spacial score (nSPS) is 12.8. The molecule has 0 radical (unpaired) electrons. The van der Waals surface area contributed by atoms with Crippen LogP contribution in [0, 0.1) is 0 Å². The molecule has 0 bridgehead atoms. The second kappa shape index (κ2) is 7.46. The van der Waals surface area contributed by atoms with Crippen LogP contribution in [-0.4, -0.2) is 16.1 Å². The molecule has 0 aliphatic carbocycles. The number of nitrogens with one attached hydrogen (secondary N) is 1. The van der Waals surface area contributed by atoms with E-state index in [9.17, 15) is 0 Å². The molecule has 110 valence electrons. The second-order valence-electron chi connectivity index (χ2n) is 4.78. The minimum Gasteiger partial charge on any atom is -0.338 e. The largest absolute Gasteiger partial charge is 0.338 e. The van der Waals surface area contributed by atoms with Gasteiger partial charge in [-0.15, -0.1) is 11.3 Å². The number of imidazole rings is 1. The van der Waals surface area contributed by atoms with Crippen molar-refractivity contribution < 1.29 is 0 Å². The lowest BCUT2D eigenvalue weighted by Gasteiger charge is -2.18. The van der Waals surface area contributed by atoms with Crippen LogP contribution in [0.15, 0.2) is 18.5 Å². The summed E-state index contributed by atoms with van der Waals surface area (Å²) >= 11 is 13.8. The van der Waals surface area contributed by atoms with E-state index >= 15 is 0 Å². The smallest absolute Gasteiger partial charge is 0.108 e. The predicted molar refractivity (Wildman–Crippen MR) is 86.9 cm³/mol. The second-order valence-corrected chi connectivity index (χ2v) is 7.06. The van der Waals surface area contributed by atoms with Crippen LogP contribution in [0.25, 0.3) is 0 Å². The maximum Gasteiger partial charge on any atom is 0.108 e. The molecule has 2 aromatic heterocycles. The highest BCUT2D eigenvalue weighted by atomic mass is 35.5. The molecule has 3 nitrogen and oxygen atoms in total. The number of aryl methyl sites for hydroxylation is 2. The lowest BCUT2D eigenvalue weighted by Crippen LogP contribution is -2.23. The van der Waals surface area contributed by atoms with Crippen molar-refractivity contribution in [3.8, 4) is 0 Å². The first-order valence-corrected chi connectivity index (χ1v) is 8.33. The summed E-state index contributed by atoms with van der Waals surface area (Å²) in [6.45, 7) is 3.13. The van der Waals surface area contributed by atoms with Crippen molar-refractivity contribution in [1.29, 1.82) is 0 Å². The van der Waals surface area contributed by atoms with Gasteiger partial charge < -0.3 is 9.88 Å². The summed E-state index contributed by atoms with van der Waals surface area (Å²) < 4.78 is 3.58. The zero-order valence-corrected chi connectivity index (χ0v) is 14.0. The molecule has 1 atom stereocenters. The zero-order chi connectivity index (χ0) is 14.5. The molecular weight excluding hydrogens is 313 g/mol. The number of hydrogen-bond acceptors (Lipinski definition) is 3. The van der Waals surface area contributed by atoms with Crippen LogP contribution in [0.5, 0.6) is 0 Å². The van der Waals surface area contributed by atoms with Crippen LogP contribution < -0.4 is 5.32 Å². The lowest BCUT2D eigenvalue weighted by atomic mass is 10.0. The number of aromatic nitrogens is 2. The average Bonchev–Trinajstić information content (AvgIpc) is 2.96. The number of hydrogen-bond donors (Lipinski definition) is 1. The van der Waals surface area contributed by atoms with E-state index in [1.807, 2.05) is 25.5 Å². The van der Waals surface area contributed by atoms with E-state index in [0.717, 1.165) is 45.9 Å². The first-order chi connectivity index (χ1) is 9.61. The van der Waals surface area contributed by atoms with Gasteiger partial charge in [0.15, 0.2) is 0 Å². The van der Waals surface area contributed by atoms with Crippen molar-refractivity contribution in [2.75, 3.05) is 6.54 Å². The molecule has 0 fully saturated rings. The fourth-order valence-corrected chi connectivity index (χ4v) is 3.77. The van der Waals surface area contributed by atoms with Crippen LogP contribution in [-0.2, 0) is 13.5 Å². The van der Waals surface area contributed by atoms with Crippen molar-refractivity contribution >= 4 is 34.5 Å². The predicted octanol–water partition coefficient (Wildman–Crippen LogP) is 4.46. The molecular formula is C14H19Cl2N3S. The van der Waals surface area contributed by atoms with Crippen molar-refractivity contribution in [3.63, 3.8) is 0 Å². The summed E-state index contributed by atoms with van der Waals surface area (Å²) in [6.07, 6.45) is 6.76. The van der Waals surface area contributed by atoms with Gasteiger partial charge in [-0.05, 0) is 25.5 Å². The average molecular weight is 332 g/mol. The van der Waals surface area contributed by atoms with E-state index < -0.39 is 0 Å². The quantitative estimate of drug-likeness (QED) is 0.811. The van der Waals surface area contributed by atoms with Gasteiger partial charge in [0.1, 0.15) is 5.82 Å². The minimum absolute atomic E-state index is 0.225. The van der Waals surface area contributed by atoms with Gasteiger partial charge >= 0.3 is 0 Å². The molecule has 0 amide bonds.